The first kappa shape index (κ1) is 12.0. The van der Waals surface area contributed by atoms with Crippen LogP contribution in [-0.4, -0.2) is 0 Å². The van der Waals surface area contributed by atoms with Gasteiger partial charge in [-0.2, -0.15) is 0 Å². The molecule has 0 aromatic rings. The smallest absolute Gasteiger partial charge is 0.0417 e. The summed E-state index contributed by atoms with van der Waals surface area (Å²) < 4.78 is 0. The van der Waals surface area contributed by atoms with Crippen molar-refractivity contribution in [3.05, 3.63) is 0 Å². The van der Waals surface area contributed by atoms with Gasteiger partial charge in [-0.3, -0.25) is 0 Å². The molecule has 0 heterocycles. The SMILES string of the molecule is CCCCCCC(C)C(C)CC. The van der Waals surface area contributed by atoms with Crippen LogP contribution in [-0.2, 0) is 0 Å². The quantitative estimate of drug-likeness (QED) is 0.488. The fourth-order valence-electron chi connectivity index (χ4n) is 1.58. The molecule has 0 heteroatoms. The van der Waals surface area contributed by atoms with Crippen LogP contribution in [0.4, 0.5) is 0 Å². The third-order valence-electron chi connectivity index (χ3n) is 3.13. The molecule has 0 radical (unpaired) electrons. The van der Waals surface area contributed by atoms with E-state index < -0.39 is 0 Å². The van der Waals surface area contributed by atoms with Crippen molar-refractivity contribution >= 4 is 0 Å². The van der Waals surface area contributed by atoms with Gasteiger partial charge in [0.1, 0.15) is 0 Å². The zero-order valence-corrected chi connectivity index (χ0v) is 9.40. The Kier molecular flexibility index (Phi) is 7.64. The van der Waals surface area contributed by atoms with Crippen LogP contribution >= 0.6 is 0 Å². The summed E-state index contributed by atoms with van der Waals surface area (Å²) in [6.45, 7) is 9.36. The summed E-state index contributed by atoms with van der Waals surface area (Å²) in [5.41, 5.74) is 0. The van der Waals surface area contributed by atoms with Gasteiger partial charge in [-0.05, 0) is 11.8 Å². The van der Waals surface area contributed by atoms with Gasteiger partial charge >= 0.3 is 0 Å². The predicted octanol–water partition coefficient (Wildman–Crippen LogP) is 4.64. The summed E-state index contributed by atoms with van der Waals surface area (Å²) in [6.07, 6.45) is 8.45. The van der Waals surface area contributed by atoms with E-state index in [0.29, 0.717) is 0 Å². The monoisotopic (exact) mass is 170 g/mol. The minimum absolute atomic E-state index is 0.923. The third kappa shape index (κ3) is 5.62. The Morgan fingerprint density at radius 3 is 2.00 bits per heavy atom. The van der Waals surface area contributed by atoms with Crippen molar-refractivity contribution in [2.24, 2.45) is 11.8 Å². The Balaban J connectivity index is 3.24. The standard InChI is InChI=1S/C12H26/c1-5-7-8-9-10-12(4)11(3)6-2/h11-12H,5-10H2,1-4H3. The molecular formula is C12H26. The fraction of sp³-hybridized carbons (Fsp3) is 1.00. The highest BCUT2D eigenvalue weighted by molar-refractivity contribution is 4.60. The Morgan fingerprint density at radius 2 is 1.50 bits per heavy atom. The maximum atomic E-state index is 2.40. The average Bonchev–Trinajstić information content (AvgIpc) is 2.10. The number of hydrogen-bond acceptors (Lipinski definition) is 0. The first-order chi connectivity index (χ1) is 5.72. The second kappa shape index (κ2) is 7.64. The van der Waals surface area contributed by atoms with Gasteiger partial charge < -0.3 is 0 Å². The minimum Gasteiger partial charge on any atom is -0.0654 e. The Hall–Kier alpha value is 0. The zero-order valence-electron chi connectivity index (χ0n) is 9.40. The van der Waals surface area contributed by atoms with Gasteiger partial charge in [0.15, 0.2) is 0 Å². The van der Waals surface area contributed by atoms with Crippen molar-refractivity contribution in [1.82, 2.24) is 0 Å². The Bertz CT molecular complexity index is 86.0. The molecule has 0 amide bonds. The van der Waals surface area contributed by atoms with Crippen molar-refractivity contribution in [3.63, 3.8) is 0 Å². The highest BCUT2D eigenvalue weighted by atomic mass is 14.1. The van der Waals surface area contributed by atoms with Crippen LogP contribution in [0, 0.1) is 11.8 Å². The summed E-state index contributed by atoms with van der Waals surface area (Å²) >= 11 is 0. The van der Waals surface area contributed by atoms with E-state index in [1.807, 2.05) is 0 Å². The summed E-state index contributed by atoms with van der Waals surface area (Å²) in [6, 6.07) is 0. The van der Waals surface area contributed by atoms with Gasteiger partial charge in [0.2, 0.25) is 0 Å². The molecule has 0 aliphatic heterocycles. The Morgan fingerprint density at radius 1 is 0.833 bits per heavy atom. The van der Waals surface area contributed by atoms with Crippen LogP contribution in [0.15, 0.2) is 0 Å². The van der Waals surface area contributed by atoms with Crippen molar-refractivity contribution in [2.75, 3.05) is 0 Å². The molecule has 0 rings (SSSR count). The molecule has 2 unspecified atom stereocenters. The molecule has 0 saturated carbocycles. The van der Waals surface area contributed by atoms with Gasteiger partial charge in [0.05, 0.1) is 0 Å². The molecule has 0 fully saturated rings. The van der Waals surface area contributed by atoms with Crippen molar-refractivity contribution in [3.8, 4) is 0 Å². The third-order valence-corrected chi connectivity index (χ3v) is 3.13. The average molecular weight is 170 g/mol. The number of rotatable bonds is 7. The molecule has 0 aliphatic carbocycles. The first-order valence-electron chi connectivity index (χ1n) is 5.72. The van der Waals surface area contributed by atoms with E-state index in [9.17, 15) is 0 Å². The molecule has 0 N–H and O–H groups in total. The summed E-state index contributed by atoms with van der Waals surface area (Å²) in [4.78, 5) is 0. The summed E-state index contributed by atoms with van der Waals surface area (Å²) in [7, 11) is 0. The van der Waals surface area contributed by atoms with E-state index in [1.54, 1.807) is 0 Å². The second-order valence-electron chi connectivity index (χ2n) is 4.21. The largest absolute Gasteiger partial charge is 0.0654 e. The van der Waals surface area contributed by atoms with Crippen LogP contribution in [0.1, 0.15) is 66.2 Å². The van der Waals surface area contributed by atoms with Crippen LogP contribution in [0.25, 0.3) is 0 Å². The van der Waals surface area contributed by atoms with E-state index in [-0.39, 0.29) is 0 Å². The molecule has 0 aromatic carbocycles. The van der Waals surface area contributed by atoms with Crippen LogP contribution in [0.3, 0.4) is 0 Å². The van der Waals surface area contributed by atoms with E-state index in [2.05, 4.69) is 27.7 Å². The van der Waals surface area contributed by atoms with E-state index in [1.165, 1.54) is 38.5 Å². The summed E-state index contributed by atoms with van der Waals surface area (Å²) in [5, 5.41) is 0. The Labute approximate surface area is 78.8 Å². The van der Waals surface area contributed by atoms with Crippen molar-refractivity contribution in [2.45, 2.75) is 66.2 Å². The highest BCUT2D eigenvalue weighted by Crippen LogP contribution is 2.20. The fourth-order valence-corrected chi connectivity index (χ4v) is 1.58. The molecule has 0 saturated heterocycles. The molecule has 0 nitrogen and oxygen atoms in total. The second-order valence-corrected chi connectivity index (χ2v) is 4.21. The molecule has 12 heavy (non-hydrogen) atoms. The first-order valence-corrected chi connectivity index (χ1v) is 5.72. The van der Waals surface area contributed by atoms with Crippen LogP contribution < -0.4 is 0 Å². The lowest BCUT2D eigenvalue weighted by Crippen LogP contribution is -2.06. The number of hydrogen-bond donors (Lipinski definition) is 0. The van der Waals surface area contributed by atoms with Gasteiger partial charge in [0.25, 0.3) is 0 Å². The molecule has 0 aromatic heterocycles. The normalized spacial score (nSPS) is 16.0. The molecule has 74 valence electrons. The van der Waals surface area contributed by atoms with E-state index in [4.69, 9.17) is 0 Å². The molecule has 0 aliphatic rings. The van der Waals surface area contributed by atoms with Crippen LogP contribution in [0.2, 0.25) is 0 Å². The molecule has 0 spiro atoms. The highest BCUT2D eigenvalue weighted by Gasteiger charge is 2.08. The zero-order chi connectivity index (χ0) is 9.40. The van der Waals surface area contributed by atoms with Gasteiger partial charge in [-0.1, -0.05) is 66.2 Å². The maximum absolute atomic E-state index is 2.40. The topological polar surface area (TPSA) is 0 Å². The molecule has 0 bridgehead atoms. The lowest BCUT2D eigenvalue weighted by atomic mass is 9.89. The molecule has 2 atom stereocenters. The molecular weight excluding hydrogens is 144 g/mol. The maximum Gasteiger partial charge on any atom is -0.0417 e. The minimum atomic E-state index is 0.923. The predicted molar refractivity (Wildman–Crippen MR) is 57.4 cm³/mol. The summed E-state index contributed by atoms with van der Waals surface area (Å²) in [5.74, 6) is 1.86. The van der Waals surface area contributed by atoms with Crippen molar-refractivity contribution in [1.29, 1.82) is 0 Å². The van der Waals surface area contributed by atoms with Crippen molar-refractivity contribution < 1.29 is 0 Å². The van der Waals surface area contributed by atoms with E-state index >= 15 is 0 Å². The van der Waals surface area contributed by atoms with E-state index in [0.717, 1.165) is 11.8 Å². The van der Waals surface area contributed by atoms with Gasteiger partial charge in [-0.15, -0.1) is 0 Å². The van der Waals surface area contributed by atoms with Crippen LogP contribution in [0.5, 0.6) is 0 Å². The lowest BCUT2D eigenvalue weighted by molar-refractivity contribution is 0.343. The lowest BCUT2D eigenvalue weighted by Gasteiger charge is -2.17. The van der Waals surface area contributed by atoms with Gasteiger partial charge in [-0.25, -0.2) is 0 Å². The van der Waals surface area contributed by atoms with Gasteiger partial charge in [0, 0.05) is 0 Å². The number of unbranched alkanes of at least 4 members (excludes halogenated alkanes) is 3.